The summed E-state index contributed by atoms with van der Waals surface area (Å²) in [4.78, 5) is 0. The third-order valence-corrected chi connectivity index (χ3v) is 8.65. The molecule has 232 valence electrons. The molecule has 8 atom stereocenters. The molecule has 10 nitrogen and oxygen atoms in total. The zero-order valence-electron chi connectivity index (χ0n) is 25.0. The molecule has 1 N–H and O–H groups in total. The highest BCUT2D eigenvalue weighted by Gasteiger charge is 2.73. The molecule has 0 radical (unpaired) electrons. The summed E-state index contributed by atoms with van der Waals surface area (Å²) in [5.41, 5.74) is 1.21. The minimum Gasteiger partial charge on any atom is -0.454 e. The lowest BCUT2D eigenvalue weighted by Gasteiger charge is -2.37. The fraction of sp³-hybridized carbons (Fsp3) is 0.576. The maximum Gasteiger partial charge on any atom is 0.325 e. The summed E-state index contributed by atoms with van der Waals surface area (Å²) in [6.07, 6.45) is -2.84. The van der Waals surface area contributed by atoms with Gasteiger partial charge in [0.25, 0.3) is 0 Å². The number of rotatable bonds is 10. The van der Waals surface area contributed by atoms with Crippen LogP contribution in [0, 0.1) is 5.92 Å². The van der Waals surface area contributed by atoms with E-state index in [1.165, 1.54) is 0 Å². The Morgan fingerprint density at radius 3 is 2.26 bits per heavy atom. The molecule has 4 aliphatic heterocycles. The van der Waals surface area contributed by atoms with Crippen LogP contribution >= 0.6 is 0 Å². The molecule has 5 aliphatic rings. The van der Waals surface area contributed by atoms with Gasteiger partial charge in [-0.05, 0) is 25.0 Å². The third kappa shape index (κ3) is 5.66. The first kappa shape index (κ1) is 29.0. The standard InChI is InChI=1S/C33H40O10/c1-31(2)40-26-23(38-30-28(27(26)41-31)42-32(3,4)43-30)18-36-25-15-22-29(34)33(22,37-17-21-13-9-6-10-14-21)24(39-25)19-35-16-20-11-7-5-8-12-20/h5-14,22-27,29,34H,15-19H2,1-4H3/t22-,23?,24?,25+,26-,27?,29?,33-/m0/s1. The number of hydrogen-bond acceptors (Lipinski definition) is 10. The molecular weight excluding hydrogens is 556 g/mol. The van der Waals surface area contributed by atoms with Gasteiger partial charge in [0.05, 0.1) is 32.5 Å². The highest BCUT2D eigenvalue weighted by Crippen LogP contribution is 2.57. The Morgan fingerprint density at radius 2 is 1.53 bits per heavy atom. The van der Waals surface area contributed by atoms with E-state index in [2.05, 4.69) is 0 Å². The molecule has 4 heterocycles. The van der Waals surface area contributed by atoms with Gasteiger partial charge in [-0.1, -0.05) is 60.7 Å². The van der Waals surface area contributed by atoms with E-state index in [1.807, 2.05) is 88.4 Å². The number of hydrogen-bond donors (Lipinski definition) is 1. The highest BCUT2D eigenvalue weighted by atomic mass is 16.8. The van der Waals surface area contributed by atoms with Crippen molar-refractivity contribution in [3.63, 3.8) is 0 Å². The van der Waals surface area contributed by atoms with Crippen LogP contribution in [-0.4, -0.2) is 72.3 Å². The fourth-order valence-corrected chi connectivity index (χ4v) is 6.59. The summed E-state index contributed by atoms with van der Waals surface area (Å²) in [5, 5.41) is 11.2. The zero-order valence-corrected chi connectivity index (χ0v) is 25.0. The van der Waals surface area contributed by atoms with Crippen molar-refractivity contribution < 1.29 is 47.7 Å². The molecule has 2 saturated heterocycles. The Labute approximate surface area is 251 Å². The highest BCUT2D eigenvalue weighted by molar-refractivity contribution is 5.23. The topological polar surface area (TPSA) is 103 Å². The predicted octanol–water partition coefficient (Wildman–Crippen LogP) is 4.15. The van der Waals surface area contributed by atoms with E-state index < -0.39 is 54.0 Å². The Bertz CT molecular complexity index is 1310. The lowest BCUT2D eigenvalue weighted by molar-refractivity contribution is -0.261. The van der Waals surface area contributed by atoms with E-state index in [4.69, 9.17) is 42.6 Å². The molecule has 43 heavy (non-hydrogen) atoms. The van der Waals surface area contributed by atoms with E-state index in [1.54, 1.807) is 0 Å². The van der Waals surface area contributed by atoms with Crippen molar-refractivity contribution in [2.75, 3.05) is 13.2 Å². The van der Waals surface area contributed by atoms with Crippen molar-refractivity contribution in [1.29, 1.82) is 0 Å². The average molecular weight is 597 g/mol. The van der Waals surface area contributed by atoms with Gasteiger partial charge in [-0.25, -0.2) is 0 Å². The predicted molar refractivity (Wildman–Crippen MR) is 151 cm³/mol. The third-order valence-electron chi connectivity index (χ3n) is 8.65. The zero-order chi connectivity index (χ0) is 29.8. The van der Waals surface area contributed by atoms with Crippen LogP contribution in [0.3, 0.4) is 0 Å². The van der Waals surface area contributed by atoms with E-state index in [-0.39, 0.29) is 19.1 Å². The molecule has 1 aliphatic carbocycles. The first-order valence-corrected chi connectivity index (χ1v) is 15.0. The van der Waals surface area contributed by atoms with Crippen LogP contribution in [0.4, 0.5) is 0 Å². The van der Waals surface area contributed by atoms with Gasteiger partial charge >= 0.3 is 5.95 Å². The van der Waals surface area contributed by atoms with E-state index in [0.717, 1.165) is 11.1 Å². The summed E-state index contributed by atoms with van der Waals surface area (Å²) in [7, 11) is 0. The second-order valence-electron chi connectivity index (χ2n) is 12.7. The van der Waals surface area contributed by atoms with Gasteiger partial charge < -0.3 is 47.7 Å². The van der Waals surface area contributed by atoms with Crippen LogP contribution in [0.5, 0.6) is 0 Å². The van der Waals surface area contributed by atoms with Crippen LogP contribution in [0.1, 0.15) is 45.2 Å². The summed E-state index contributed by atoms with van der Waals surface area (Å²) >= 11 is 0. The van der Waals surface area contributed by atoms with Gasteiger partial charge in [0, 0.05) is 26.2 Å². The molecular formula is C33H40O10. The molecule has 3 fully saturated rings. The molecule has 1 saturated carbocycles. The summed E-state index contributed by atoms with van der Waals surface area (Å²) < 4.78 is 55.8. The van der Waals surface area contributed by atoms with Gasteiger partial charge in [-0.15, -0.1) is 0 Å². The molecule has 0 spiro atoms. The Balaban J connectivity index is 1.04. The van der Waals surface area contributed by atoms with Crippen LogP contribution in [-0.2, 0) is 55.8 Å². The number of ether oxygens (including phenoxy) is 9. The molecule has 10 heteroatoms. The normalized spacial score (nSPS) is 36.5. The van der Waals surface area contributed by atoms with Gasteiger partial charge in [-0.2, -0.15) is 0 Å². The maximum atomic E-state index is 11.2. The number of benzene rings is 2. The van der Waals surface area contributed by atoms with Gasteiger partial charge in [0.2, 0.25) is 11.5 Å². The molecule has 0 bridgehead atoms. The van der Waals surface area contributed by atoms with Crippen molar-refractivity contribution in [1.82, 2.24) is 0 Å². The summed E-state index contributed by atoms with van der Waals surface area (Å²) in [6, 6.07) is 19.9. The minimum atomic E-state index is -0.869. The van der Waals surface area contributed by atoms with Crippen molar-refractivity contribution in [3.05, 3.63) is 83.5 Å². The summed E-state index contributed by atoms with van der Waals surface area (Å²) in [6.45, 7) is 8.53. The number of aliphatic hydroxyl groups is 1. The van der Waals surface area contributed by atoms with Gasteiger partial charge in [-0.3, -0.25) is 0 Å². The number of fused-ring (bicyclic) bond motifs is 3. The van der Waals surface area contributed by atoms with Crippen molar-refractivity contribution >= 4 is 0 Å². The van der Waals surface area contributed by atoms with E-state index in [9.17, 15) is 5.11 Å². The quantitative estimate of drug-likeness (QED) is 0.430. The summed E-state index contributed by atoms with van der Waals surface area (Å²) in [5.74, 6) is -1.06. The largest absolute Gasteiger partial charge is 0.454 e. The van der Waals surface area contributed by atoms with Crippen LogP contribution < -0.4 is 0 Å². The SMILES string of the molecule is CC1(C)OC2=C(O1)C1OC(C)(C)O[C@H]1C(CO[C@H]1C[C@H]3C(O)[C@@]3(OCc3ccccc3)C(COCc3ccccc3)O1)O2. The Hall–Kier alpha value is -2.70. The lowest BCUT2D eigenvalue weighted by atomic mass is 10.0. The Kier molecular flexibility index (Phi) is 7.45. The Morgan fingerprint density at radius 1 is 0.837 bits per heavy atom. The fourth-order valence-electron chi connectivity index (χ4n) is 6.59. The maximum absolute atomic E-state index is 11.2. The van der Waals surface area contributed by atoms with E-state index >= 15 is 0 Å². The van der Waals surface area contributed by atoms with Crippen LogP contribution in [0.2, 0.25) is 0 Å². The first-order valence-electron chi connectivity index (χ1n) is 15.0. The van der Waals surface area contributed by atoms with Crippen molar-refractivity contribution in [2.24, 2.45) is 5.92 Å². The molecule has 7 rings (SSSR count). The number of aliphatic hydroxyl groups excluding tert-OH is 1. The monoisotopic (exact) mass is 596 g/mol. The second-order valence-corrected chi connectivity index (χ2v) is 12.7. The van der Waals surface area contributed by atoms with E-state index in [0.29, 0.717) is 31.3 Å². The van der Waals surface area contributed by atoms with Crippen LogP contribution in [0.15, 0.2) is 72.4 Å². The first-order chi connectivity index (χ1) is 20.6. The van der Waals surface area contributed by atoms with Crippen molar-refractivity contribution in [3.8, 4) is 0 Å². The minimum absolute atomic E-state index is 0.157. The lowest BCUT2D eigenvalue weighted by Crippen LogP contribution is -2.49. The van der Waals surface area contributed by atoms with Crippen LogP contribution in [0.25, 0.3) is 0 Å². The molecule has 2 aromatic carbocycles. The smallest absolute Gasteiger partial charge is 0.325 e. The molecule has 4 unspecified atom stereocenters. The second kappa shape index (κ2) is 11.0. The molecule has 0 amide bonds. The van der Waals surface area contributed by atoms with Gasteiger partial charge in [0.15, 0.2) is 24.3 Å². The average Bonchev–Trinajstić information content (AvgIpc) is 3.22. The van der Waals surface area contributed by atoms with Crippen molar-refractivity contribution in [2.45, 2.75) is 101 Å². The molecule has 0 aromatic heterocycles. The van der Waals surface area contributed by atoms with Gasteiger partial charge in [0.1, 0.15) is 17.8 Å². The molecule has 2 aromatic rings.